The zero-order valence-corrected chi connectivity index (χ0v) is 14.1. The van der Waals surface area contributed by atoms with Gasteiger partial charge in [-0.1, -0.05) is 6.92 Å². The summed E-state index contributed by atoms with van der Waals surface area (Å²) in [7, 11) is 3.66. The van der Waals surface area contributed by atoms with Gasteiger partial charge in [-0.25, -0.2) is 4.98 Å². The SMILES string of the molecule is CCCN1Cn2c(-c3ccc(OC)cc3)nnc2-c2c1ncn2C. The van der Waals surface area contributed by atoms with Gasteiger partial charge in [0.25, 0.3) is 0 Å². The molecule has 3 aromatic rings. The molecule has 0 spiro atoms. The number of methoxy groups -OCH3 is 1. The normalized spacial score (nSPS) is 12.9. The second-order valence-corrected chi connectivity index (χ2v) is 5.94. The maximum Gasteiger partial charge on any atom is 0.186 e. The number of benzene rings is 1. The number of hydrogen-bond donors (Lipinski definition) is 0. The van der Waals surface area contributed by atoms with Crippen molar-refractivity contribution in [2.75, 3.05) is 18.6 Å². The summed E-state index contributed by atoms with van der Waals surface area (Å²) in [4.78, 5) is 6.83. The third-order valence-electron chi connectivity index (χ3n) is 4.33. The Bertz CT molecular complexity index is 864. The van der Waals surface area contributed by atoms with Crippen LogP contribution in [0.5, 0.6) is 5.75 Å². The molecule has 0 saturated carbocycles. The van der Waals surface area contributed by atoms with Gasteiger partial charge in [0.15, 0.2) is 17.5 Å². The molecule has 7 nitrogen and oxygen atoms in total. The van der Waals surface area contributed by atoms with E-state index in [9.17, 15) is 0 Å². The highest BCUT2D eigenvalue weighted by Crippen LogP contribution is 2.36. The van der Waals surface area contributed by atoms with Crippen LogP contribution in [0.3, 0.4) is 0 Å². The van der Waals surface area contributed by atoms with Crippen molar-refractivity contribution in [1.82, 2.24) is 24.3 Å². The molecule has 0 unspecified atom stereocenters. The number of ether oxygens (including phenoxy) is 1. The molecule has 1 aliphatic rings. The van der Waals surface area contributed by atoms with Gasteiger partial charge in [0.2, 0.25) is 0 Å². The first-order chi connectivity index (χ1) is 11.7. The van der Waals surface area contributed by atoms with Gasteiger partial charge in [-0.3, -0.25) is 4.57 Å². The summed E-state index contributed by atoms with van der Waals surface area (Å²) in [6, 6.07) is 7.91. The highest BCUT2D eigenvalue weighted by atomic mass is 16.5. The van der Waals surface area contributed by atoms with E-state index in [2.05, 4.69) is 31.6 Å². The predicted octanol–water partition coefficient (Wildman–Crippen LogP) is 2.54. The fraction of sp³-hybridized carbons (Fsp3) is 0.353. The number of aryl methyl sites for hydroxylation is 1. The molecule has 0 aliphatic carbocycles. The van der Waals surface area contributed by atoms with E-state index in [1.807, 2.05) is 42.2 Å². The van der Waals surface area contributed by atoms with Gasteiger partial charge in [0, 0.05) is 19.2 Å². The van der Waals surface area contributed by atoms with Crippen LogP contribution in [0.4, 0.5) is 5.82 Å². The molecule has 0 atom stereocenters. The monoisotopic (exact) mass is 324 g/mol. The quantitative estimate of drug-likeness (QED) is 0.738. The van der Waals surface area contributed by atoms with E-state index in [-0.39, 0.29) is 0 Å². The van der Waals surface area contributed by atoms with Crippen LogP contribution in [0.1, 0.15) is 13.3 Å². The maximum absolute atomic E-state index is 5.24. The van der Waals surface area contributed by atoms with Crippen LogP contribution in [-0.2, 0) is 13.7 Å². The molecular formula is C17H20N6O. The number of aromatic nitrogens is 5. The summed E-state index contributed by atoms with van der Waals surface area (Å²) < 4.78 is 9.40. The van der Waals surface area contributed by atoms with E-state index in [1.165, 1.54) is 0 Å². The molecule has 1 aromatic carbocycles. The van der Waals surface area contributed by atoms with Crippen molar-refractivity contribution >= 4 is 5.82 Å². The first-order valence-electron chi connectivity index (χ1n) is 8.07. The van der Waals surface area contributed by atoms with E-state index in [4.69, 9.17) is 4.74 Å². The van der Waals surface area contributed by atoms with Gasteiger partial charge < -0.3 is 14.2 Å². The molecule has 7 heteroatoms. The Morgan fingerprint density at radius 3 is 2.58 bits per heavy atom. The van der Waals surface area contributed by atoms with Crippen molar-refractivity contribution in [3.63, 3.8) is 0 Å². The number of rotatable bonds is 4. The van der Waals surface area contributed by atoms with Crippen LogP contribution >= 0.6 is 0 Å². The third-order valence-corrected chi connectivity index (χ3v) is 4.33. The van der Waals surface area contributed by atoms with Gasteiger partial charge in [0.05, 0.1) is 20.1 Å². The lowest BCUT2D eigenvalue weighted by Crippen LogP contribution is -2.32. The fourth-order valence-electron chi connectivity index (χ4n) is 3.16. The Morgan fingerprint density at radius 2 is 1.88 bits per heavy atom. The maximum atomic E-state index is 5.24. The molecule has 3 heterocycles. The van der Waals surface area contributed by atoms with Crippen LogP contribution in [0.25, 0.3) is 22.9 Å². The smallest absolute Gasteiger partial charge is 0.186 e. The van der Waals surface area contributed by atoms with Crippen molar-refractivity contribution in [3.05, 3.63) is 30.6 Å². The van der Waals surface area contributed by atoms with E-state index >= 15 is 0 Å². The number of nitrogens with zero attached hydrogens (tertiary/aromatic N) is 6. The molecule has 124 valence electrons. The highest BCUT2D eigenvalue weighted by molar-refractivity contribution is 5.72. The van der Waals surface area contributed by atoms with Crippen molar-refractivity contribution in [3.8, 4) is 28.7 Å². The van der Waals surface area contributed by atoms with E-state index in [0.29, 0.717) is 6.67 Å². The van der Waals surface area contributed by atoms with Crippen LogP contribution in [0.2, 0.25) is 0 Å². The molecular weight excluding hydrogens is 304 g/mol. The number of fused-ring (bicyclic) bond motifs is 3. The second-order valence-electron chi connectivity index (χ2n) is 5.94. The van der Waals surface area contributed by atoms with Crippen molar-refractivity contribution in [2.45, 2.75) is 20.0 Å². The van der Waals surface area contributed by atoms with Crippen LogP contribution < -0.4 is 9.64 Å². The molecule has 24 heavy (non-hydrogen) atoms. The van der Waals surface area contributed by atoms with Crippen LogP contribution in [0, 0.1) is 0 Å². The van der Waals surface area contributed by atoms with Gasteiger partial charge in [0.1, 0.15) is 11.4 Å². The average Bonchev–Trinajstić information content (AvgIpc) is 3.19. The zero-order valence-electron chi connectivity index (χ0n) is 14.1. The number of hydrogen-bond acceptors (Lipinski definition) is 5. The first-order valence-corrected chi connectivity index (χ1v) is 8.07. The molecule has 1 aliphatic heterocycles. The van der Waals surface area contributed by atoms with E-state index in [0.717, 1.165) is 47.4 Å². The Balaban J connectivity index is 1.82. The average molecular weight is 324 g/mol. The lowest BCUT2D eigenvalue weighted by molar-refractivity contribution is 0.415. The largest absolute Gasteiger partial charge is 0.497 e. The van der Waals surface area contributed by atoms with Crippen molar-refractivity contribution < 1.29 is 4.74 Å². The van der Waals surface area contributed by atoms with Crippen LogP contribution in [0.15, 0.2) is 30.6 Å². The molecule has 0 saturated heterocycles. The minimum Gasteiger partial charge on any atom is -0.497 e. The zero-order chi connectivity index (χ0) is 16.7. The summed E-state index contributed by atoms with van der Waals surface area (Å²) in [6.07, 6.45) is 2.90. The predicted molar refractivity (Wildman–Crippen MR) is 91.8 cm³/mol. The minimum absolute atomic E-state index is 0.710. The fourth-order valence-corrected chi connectivity index (χ4v) is 3.16. The van der Waals surface area contributed by atoms with E-state index < -0.39 is 0 Å². The van der Waals surface area contributed by atoms with Gasteiger partial charge in [-0.2, -0.15) is 0 Å². The molecule has 2 aromatic heterocycles. The Labute approximate surface area is 140 Å². The molecule has 0 radical (unpaired) electrons. The van der Waals surface area contributed by atoms with Crippen molar-refractivity contribution in [1.29, 1.82) is 0 Å². The Hall–Kier alpha value is -2.83. The summed E-state index contributed by atoms with van der Waals surface area (Å²) >= 11 is 0. The summed E-state index contributed by atoms with van der Waals surface area (Å²) in [6.45, 7) is 3.83. The summed E-state index contributed by atoms with van der Waals surface area (Å²) in [5, 5.41) is 8.88. The molecule has 0 N–H and O–H groups in total. The standard InChI is InChI=1S/C17H20N6O/c1-4-9-22-11-23-15(12-5-7-13(24-3)8-6-12)19-20-17(23)14-16(22)18-10-21(14)2/h5-8,10H,4,9,11H2,1-3H3. The number of anilines is 1. The Morgan fingerprint density at radius 1 is 1.12 bits per heavy atom. The molecule has 4 rings (SSSR count). The van der Waals surface area contributed by atoms with Gasteiger partial charge >= 0.3 is 0 Å². The highest BCUT2D eigenvalue weighted by Gasteiger charge is 2.29. The lowest BCUT2D eigenvalue weighted by Gasteiger charge is -2.29. The van der Waals surface area contributed by atoms with Gasteiger partial charge in [-0.05, 0) is 30.7 Å². The van der Waals surface area contributed by atoms with E-state index in [1.54, 1.807) is 7.11 Å². The molecule has 0 fully saturated rings. The minimum atomic E-state index is 0.710. The van der Waals surface area contributed by atoms with Gasteiger partial charge in [-0.15, -0.1) is 10.2 Å². The topological polar surface area (TPSA) is 61.0 Å². The molecule has 0 amide bonds. The lowest BCUT2D eigenvalue weighted by atomic mass is 10.2. The summed E-state index contributed by atoms with van der Waals surface area (Å²) in [5.74, 6) is 3.54. The first kappa shape index (κ1) is 14.7. The van der Waals surface area contributed by atoms with Crippen molar-refractivity contribution in [2.24, 2.45) is 7.05 Å². The Kier molecular flexibility index (Phi) is 3.48. The third kappa shape index (κ3) is 2.16. The van der Waals surface area contributed by atoms with Crippen LogP contribution in [-0.4, -0.2) is 38.0 Å². The number of imidazole rings is 1. The molecule has 0 bridgehead atoms. The second kappa shape index (κ2) is 5.67. The summed E-state index contributed by atoms with van der Waals surface area (Å²) in [5.41, 5.74) is 2.04.